The molecule has 14 heavy (non-hydrogen) atoms. The Bertz CT molecular complexity index is 293. The number of Topliss-reactive ketones (excluding diaryl/α,β-unsaturated/α-hetero) is 1. The lowest BCUT2D eigenvalue weighted by Crippen LogP contribution is -2.11. The van der Waals surface area contributed by atoms with Crippen molar-refractivity contribution in [3.8, 4) is 0 Å². The fraction of sp³-hybridized carbons (Fsp3) is 0.300. The highest BCUT2D eigenvalue weighted by Crippen LogP contribution is 2.34. The average molecular weight is 279 g/mol. The number of hydrogen-bond donors (Lipinski definition) is 1. The third-order valence-electron chi connectivity index (χ3n) is 1.58. The summed E-state index contributed by atoms with van der Waals surface area (Å²) in [5.74, 6) is 0.264. The first-order chi connectivity index (χ1) is 5.99. The van der Waals surface area contributed by atoms with Crippen molar-refractivity contribution >= 4 is 33.1 Å². The van der Waals surface area contributed by atoms with Gasteiger partial charge in [-0.25, -0.2) is 0 Å². The van der Waals surface area contributed by atoms with Crippen molar-refractivity contribution in [3.63, 3.8) is 0 Å². The Morgan fingerprint density at radius 2 is 1.79 bits per heavy atom. The molecule has 80 valence electrons. The molecule has 0 radical (unpaired) electrons. The van der Waals surface area contributed by atoms with Crippen LogP contribution < -0.4 is 0 Å². The molecule has 0 fully saturated rings. The Labute approximate surface area is 96.6 Å². The monoisotopic (exact) mass is 278 g/mol. The third-order valence-corrected chi connectivity index (χ3v) is 2.55. The van der Waals surface area contributed by atoms with Crippen LogP contribution in [0.4, 0.5) is 0 Å². The highest BCUT2D eigenvalue weighted by Gasteiger charge is 2.13. The van der Waals surface area contributed by atoms with Crippen molar-refractivity contribution in [3.05, 3.63) is 35.9 Å². The van der Waals surface area contributed by atoms with Crippen molar-refractivity contribution in [1.82, 2.24) is 0 Å². The second kappa shape index (κ2) is 5.53. The molecule has 0 heterocycles. The maximum atomic E-state index is 11.5. The maximum absolute atomic E-state index is 11.5. The maximum Gasteiger partial charge on any atom is 0.173 e. The lowest BCUT2D eigenvalue weighted by molar-refractivity contribution is 0.102. The molecule has 4 heteroatoms. The summed E-state index contributed by atoms with van der Waals surface area (Å²) in [5, 5.41) is 0. The molecule has 0 spiro atoms. The van der Waals surface area contributed by atoms with Crippen LogP contribution in [0.2, 0.25) is 0 Å². The summed E-state index contributed by atoms with van der Waals surface area (Å²) >= 11 is 0. The lowest BCUT2D eigenvalue weighted by Gasteiger charge is -2.21. The molecule has 0 atom stereocenters. The smallest absolute Gasteiger partial charge is 0.173 e. The first kappa shape index (κ1) is 13.7. The summed E-state index contributed by atoms with van der Waals surface area (Å²) in [6.45, 7) is 0. The Kier molecular flexibility index (Phi) is 5.41. The highest BCUT2D eigenvalue weighted by atomic mass is 79.9. The highest BCUT2D eigenvalue weighted by molar-refractivity contribution is 8.93. The molecule has 0 unspecified atom stereocenters. The molecule has 1 aromatic carbocycles. The number of benzene rings is 1. The van der Waals surface area contributed by atoms with E-state index in [9.17, 15) is 9.35 Å². The minimum absolute atomic E-state index is 0. The zero-order chi connectivity index (χ0) is 9.90. The van der Waals surface area contributed by atoms with E-state index < -0.39 is 10.3 Å². The standard InChI is InChI=1S/C10H14O2S.BrH/c1-13(2,12)8-10(11)9-6-4-3-5-7-9;/h3-7,12H,8H2,1-2H3;1H. The van der Waals surface area contributed by atoms with E-state index in [-0.39, 0.29) is 28.5 Å². The normalized spacial score (nSPS) is 11.6. The molecule has 0 bridgehead atoms. The fourth-order valence-corrected chi connectivity index (χ4v) is 1.84. The van der Waals surface area contributed by atoms with Crippen molar-refractivity contribution in [2.24, 2.45) is 0 Å². The van der Waals surface area contributed by atoms with Crippen LogP contribution in [0.1, 0.15) is 10.4 Å². The van der Waals surface area contributed by atoms with Crippen LogP contribution in [0.5, 0.6) is 0 Å². The summed E-state index contributed by atoms with van der Waals surface area (Å²) in [4.78, 5) is 11.5. The van der Waals surface area contributed by atoms with Gasteiger partial charge in [-0.1, -0.05) is 30.3 Å². The third kappa shape index (κ3) is 4.79. The first-order valence-corrected chi connectivity index (χ1v) is 6.58. The Hall–Kier alpha value is -0.320. The minimum Gasteiger partial charge on any atom is -0.352 e. The van der Waals surface area contributed by atoms with E-state index in [1.54, 1.807) is 24.6 Å². The molecular weight excluding hydrogens is 264 g/mol. The van der Waals surface area contributed by atoms with Gasteiger partial charge in [0, 0.05) is 5.56 Å². The quantitative estimate of drug-likeness (QED) is 0.864. The largest absolute Gasteiger partial charge is 0.352 e. The second-order valence-corrected chi connectivity index (χ2v) is 6.66. The number of rotatable bonds is 3. The van der Waals surface area contributed by atoms with Crippen LogP contribution in [0.25, 0.3) is 0 Å². The molecule has 0 saturated carbocycles. The molecular formula is C10H15BrO2S. The minimum atomic E-state index is -1.72. The Balaban J connectivity index is 0.00000169. The number of carbonyl (C=O) groups is 1. The summed E-state index contributed by atoms with van der Waals surface area (Å²) in [7, 11) is -1.72. The van der Waals surface area contributed by atoms with Gasteiger partial charge in [0.15, 0.2) is 5.78 Å². The van der Waals surface area contributed by atoms with Gasteiger partial charge in [0.1, 0.15) is 0 Å². The molecule has 1 rings (SSSR count). The predicted octanol–water partition coefficient (Wildman–Crippen LogP) is 2.98. The summed E-state index contributed by atoms with van der Waals surface area (Å²) < 4.78 is 9.51. The molecule has 0 aliphatic rings. The fourth-order valence-electron chi connectivity index (χ4n) is 1.03. The van der Waals surface area contributed by atoms with Gasteiger partial charge in [0.2, 0.25) is 0 Å². The van der Waals surface area contributed by atoms with E-state index in [0.717, 1.165) is 0 Å². The van der Waals surface area contributed by atoms with Crippen LogP contribution >= 0.6 is 27.3 Å². The number of hydrogen-bond acceptors (Lipinski definition) is 2. The zero-order valence-electron chi connectivity index (χ0n) is 8.27. The number of carbonyl (C=O) groups excluding carboxylic acids is 1. The van der Waals surface area contributed by atoms with Gasteiger partial charge in [-0.3, -0.25) is 4.79 Å². The zero-order valence-corrected chi connectivity index (χ0v) is 10.8. The molecule has 0 aliphatic carbocycles. The average Bonchev–Trinajstić information content (AvgIpc) is 2.03. The Morgan fingerprint density at radius 1 is 1.29 bits per heavy atom. The van der Waals surface area contributed by atoms with Crippen molar-refractivity contribution < 1.29 is 9.35 Å². The van der Waals surface area contributed by atoms with Crippen molar-refractivity contribution in [1.29, 1.82) is 0 Å². The lowest BCUT2D eigenvalue weighted by atomic mass is 10.2. The molecule has 1 aromatic rings. The summed E-state index contributed by atoms with van der Waals surface area (Å²) in [6.07, 6.45) is 3.43. The van der Waals surface area contributed by atoms with E-state index in [1.165, 1.54) is 0 Å². The molecule has 0 amide bonds. The van der Waals surface area contributed by atoms with Gasteiger partial charge in [0.25, 0.3) is 0 Å². The molecule has 2 nitrogen and oxygen atoms in total. The number of ketones is 1. The molecule has 0 saturated heterocycles. The number of halogens is 1. The van der Waals surface area contributed by atoms with Gasteiger partial charge in [-0.05, 0) is 12.5 Å². The molecule has 0 aliphatic heterocycles. The van der Waals surface area contributed by atoms with Gasteiger partial charge in [-0.15, -0.1) is 27.3 Å². The summed E-state index contributed by atoms with van der Waals surface area (Å²) in [6, 6.07) is 9.06. The van der Waals surface area contributed by atoms with Crippen LogP contribution in [0.15, 0.2) is 30.3 Å². The molecule has 0 aromatic heterocycles. The van der Waals surface area contributed by atoms with E-state index in [0.29, 0.717) is 5.56 Å². The van der Waals surface area contributed by atoms with Crippen LogP contribution in [-0.2, 0) is 0 Å². The Morgan fingerprint density at radius 3 is 2.21 bits per heavy atom. The van der Waals surface area contributed by atoms with E-state index in [2.05, 4.69) is 0 Å². The van der Waals surface area contributed by atoms with Crippen LogP contribution in [-0.4, -0.2) is 28.6 Å². The topological polar surface area (TPSA) is 37.3 Å². The van der Waals surface area contributed by atoms with Crippen LogP contribution in [0.3, 0.4) is 0 Å². The predicted molar refractivity (Wildman–Crippen MR) is 68.0 cm³/mol. The van der Waals surface area contributed by atoms with Gasteiger partial charge in [-0.2, -0.15) is 0 Å². The van der Waals surface area contributed by atoms with Gasteiger partial charge < -0.3 is 4.55 Å². The molecule has 1 N–H and O–H groups in total. The first-order valence-electron chi connectivity index (χ1n) is 4.01. The van der Waals surface area contributed by atoms with Gasteiger partial charge >= 0.3 is 0 Å². The van der Waals surface area contributed by atoms with E-state index >= 15 is 0 Å². The SMILES string of the molecule is Br.CS(C)(O)CC(=O)c1ccccc1. The van der Waals surface area contributed by atoms with Crippen LogP contribution in [0, 0.1) is 0 Å². The second-order valence-electron chi connectivity index (χ2n) is 3.41. The van der Waals surface area contributed by atoms with E-state index in [1.807, 2.05) is 18.2 Å². The summed E-state index contributed by atoms with van der Waals surface area (Å²) in [5.41, 5.74) is 0.678. The van der Waals surface area contributed by atoms with Crippen molar-refractivity contribution in [2.45, 2.75) is 0 Å². The van der Waals surface area contributed by atoms with Crippen molar-refractivity contribution in [2.75, 3.05) is 18.3 Å². The van der Waals surface area contributed by atoms with E-state index in [4.69, 9.17) is 0 Å². The van der Waals surface area contributed by atoms with Gasteiger partial charge in [0.05, 0.1) is 5.75 Å².